The maximum atomic E-state index is 12.2. The molecular weight excluding hydrogens is 298 g/mol. The Kier molecular flexibility index (Phi) is 2.91. The van der Waals surface area contributed by atoms with Crippen LogP contribution >= 0.6 is 0 Å². The van der Waals surface area contributed by atoms with E-state index in [1.165, 1.54) is 0 Å². The van der Waals surface area contributed by atoms with E-state index in [9.17, 15) is 13.5 Å². The molecule has 3 heterocycles. The summed E-state index contributed by atoms with van der Waals surface area (Å²) in [5.74, 6) is 0. The van der Waals surface area contributed by atoms with E-state index in [4.69, 9.17) is 0 Å². The van der Waals surface area contributed by atoms with E-state index in [0.29, 0.717) is 25.7 Å². The van der Waals surface area contributed by atoms with Crippen LogP contribution < -0.4 is 0 Å². The van der Waals surface area contributed by atoms with Crippen molar-refractivity contribution in [3.05, 3.63) is 41.6 Å². The monoisotopic (exact) mass is 317 g/mol. The van der Waals surface area contributed by atoms with Gasteiger partial charge in [-0.15, -0.1) is 0 Å². The minimum absolute atomic E-state index is 0.316. The summed E-state index contributed by atoms with van der Waals surface area (Å²) in [6, 6.07) is 9.72. The highest BCUT2D eigenvalue weighted by molar-refractivity contribution is 7.93. The van der Waals surface area contributed by atoms with Crippen molar-refractivity contribution in [3.8, 4) is 0 Å². The molecule has 1 N–H and O–H groups in total. The third kappa shape index (κ3) is 1.99. The number of aryl methyl sites for hydroxylation is 1. The van der Waals surface area contributed by atoms with Gasteiger partial charge in [-0.3, -0.25) is 4.98 Å². The summed E-state index contributed by atoms with van der Waals surface area (Å²) in [6.07, 6.45) is 2.00. The van der Waals surface area contributed by atoms with Crippen LogP contribution in [-0.4, -0.2) is 29.0 Å². The molecule has 4 rings (SSSR count). The average molecular weight is 317 g/mol. The standard InChI is InChI=1S/C17H19NO3S/c1-11-2-3-12-8-13(4-7-16(12)18-11)17(19)9-14-5-6-15(10-17)22(14,20)21/h2-4,7-8,14-15,19H,5-6,9-10H2,1H3. The number of hydrogen-bond donors (Lipinski definition) is 1. The molecule has 2 saturated heterocycles. The highest BCUT2D eigenvalue weighted by Crippen LogP contribution is 2.47. The molecule has 1 aromatic heterocycles. The molecule has 2 unspecified atom stereocenters. The molecule has 2 aliphatic rings. The Bertz CT molecular complexity index is 839. The van der Waals surface area contributed by atoms with Crippen LogP contribution in [0.5, 0.6) is 0 Å². The summed E-state index contributed by atoms with van der Waals surface area (Å²) < 4.78 is 24.4. The lowest BCUT2D eigenvalue weighted by atomic mass is 9.85. The first-order valence-electron chi connectivity index (χ1n) is 7.71. The first-order chi connectivity index (χ1) is 10.4. The van der Waals surface area contributed by atoms with Gasteiger partial charge in [-0.25, -0.2) is 8.42 Å². The van der Waals surface area contributed by atoms with E-state index in [-0.39, 0.29) is 10.5 Å². The molecule has 1 aromatic carbocycles. The van der Waals surface area contributed by atoms with Gasteiger partial charge in [-0.1, -0.05) is 12.1 Å². The van der Waals surface area contributed by atoms with Gasteiger partial charge in [-0.05, 0) is 56.4 Å². The first-order valence-corrected chi connectivity index (χ1v) is 9.32. The second-order valence-corrected chi connectivity index (χ2v) is 9.22. The largest absolute Gasteiger partial charge is 0.385 e. The Morgan fingerprint density at radius 2 is 1.82 bits per heavy atom. The van der Waals surface area contributed by atoms with Crippen molar-refractivity contribution < 1.29 is 13.5 Å². The molecule has 2 aromatic rings. The number of rotatable bonds is 1. The second-order valence-electron chi connectivity index (χ2n) is 6.71. The number of sulfone groups is 1. The molecule has 0 aliphatic carbocycles. The maximum Gasteiger partial charge on any atom is 0.156 e. The predicted octanol–water partition coefficient (Wildman–Crippen LogP) is 2.47. The molecule has 2 aliphatic heterocycles. The number of fused-ring (bicyclic) bond motifs is 3. The van der Waals surface area contributed by atoms with Crippen molar-refractivity contribution in [2.75, 3.05) is 0 Å². The van der Waals surface area contributed by atoms with E-state index >= 15 is 0 Å². The van der Waals surface area contributed by atoms with E-state index < -0.39 is 15.4 Å². The van der Waals surface area contributed by atoms with Crippen LogP contribution in [0.4, 0.5) is 0 Å². The molecule has 116 valence electrons. The van der Waals surface area contributed by atoms with Crippen molar-refractivity contribution in [1.29, 1.82) is 0 Å². The molecule has 0 spiro atoms. The number of pyridine rings is 1. The smallest absolute Gasteiger partial charge is 0.156 e. The zero-order valence-electron chi connectivity index (χ0n) is 12.5. The molecule has 0 amide bonds. The summed E-state index contributed by atoms with van der Waals surface area (Å²) >= 11 is 0. The van der Waals surface area contributed by atoms with Gasteiger partial charge in [0, 0.05) is 11.1 Å². The van der Waals surface area contributed by atoms with Crippen LogP contribution in [-0.2, 0) is 15.4 Å². The van der Waals surface area contributed by atoms with E-state index in [1.807, 2.05) is 37.3 Å². The van der Waals surface area contributed by atoms with Crippen LogP contribution in [0.1, 0.15) is 36.9 Å². The summed E-state index contributed by atoms with van der Waals surface area (Å²) in [5.41, 5.74) is 1.65. The third-order valence-corrected chi connectivity index (χ3v) is 7.90. The predicted molar refractivity (Wildman–Crippen MR) is 85.3 cm³/mol. The van der Waals surface area contributed by atoms with Crippen molar-refractivity contribution in [2.45, 2.75) is 48.7 Å². The number of aliphatic hydroxyl groups is 1. The number of benzene rings is 1. The molecule has 2 bridgehead atoms. The molecule has 5 heteroatoms. The van der Waals surface area contributed by atoms with Gasteiger partial charge in [-0.2, -0.15) is 0 Å². The Balaban J connectivity index is 1.77. The van der Waals surface area contributed by atoms with Gasteiger partial charge in [0.1, 0.15) is 0 Å². The van der Waals surface area contributed by atoms with Gasteiger partial charge >= 0.3 is 0 Å². The fourth-order valence-electron chi connectivity index (χ4n) is 4.00. The zero-order chi connectivity index (χ0) is 15.5. The highest BCUT2D eigenvalue weighted by atomic mass is 32.2. The van der Waals surface area contributed by atoms with Gasteiger partial charge in [0.25, 0.3) is 0 Å². The Labute approximate surface area is 130 Å². The summed E-state index contributed by atoms with van der Waals surface area (Å²) in [5, 5.41) is 11.3. The van der Waals surface area contributed by atoms with Crippen molar-refractivity contribution in [1.82, 2.24) is 4.98 Å². The third-order valence-electron chi connectivity index (χ3n) is 5.24. The van der Waals surface area contributed by atoms with Gasteiger partial charge in [0.15, 0.2) is 9.84 Å². The SMILES string of the molecule is Cc1ccc2cc(C3(O)CC4CCC(C3)S4(=O)=O)ccc2n1. The molecule has 22 heavy (non-hydrogen) atoms. The van der Waals surface area contributed by atoms with Gasteiger partial charge in [0.2, 0.25) is 0 Å². The minimum Gasteiger partial charge on any atom is -0.385 e. The molecular formula is C17H19NO3S. The minimum atomic E-state index is -3.03. The Hall–Kier alpha value is -1.46. The average Bonchev–Trinajstić information content (AvgIpc) is 2.65. The molecule has 0 saturated carbocycles. The Morgan fingerprint density at radius 3 is 2.50 bits per heavy atom. The summed E-state index contributed by atoms with van der Waals surface area (Å²) in [4.78, 5) is 4.47. The fourth-order valence-corrected chi connectivity index (χ4v) is 6.49. The zero-order valence-corrected chi connectivity index (χ0v) is 13.3. The molecule has 2 atom stereocenters. The Morgan fingerprint density at radius 1 is 1.14 bits per heavy atom. The van der Waals surface area contributed by atoms with E-state index in [1.54, 1.807) is 0 Å². The van der Waals surface area contributed by atoms with Gasteiger partial charge < -0.3 is 5.11 Å². The molecule has 4 nitrogen and oxygen atoms in total. The quantitative estimate of drug-likeness (QED) is 0.877. The lowest BCUT2D eigenvalue weighted by Gasteiger charge is -2.36. The van der Waals surface area contributed by atoms with E-state index in [0.717, 1.165) is 22.2 Å². The lowest BCUT2D eigenvalue weighted by Crippen LogP contribution is -2.43. The molecule has 0 radical (unpaired) electrons. The first kappa shape index (κ1) is 14.2. The van der Waals surface area contributed by atoms with Crippen LogP contribution in [0, 0.1) is 6.92 Å². The molecule has 2 fully saturated rings. The van der Waals surface area contributed by atoms with Crippen LogP contribution in [0.25, 0.3) is 10.9 Å². The van der Waals surface area contributed by atoms with Crippen molar-refractivity contribution >= 4 is 20.7 Å². The lowest BCUT2D eigenvalue weighted by molar-refractivity contribution is 0.0174. The highest BCUT2D eigenvalue weighted by Gasteiger charge is 2.53. The normalized spacial score (nSPS) is 33.2. The van der Waals surface area contributed by atoms with Crippen molar-refractivity contribution in [2.24, 2.45) is 0 Å². The fraction of sp³-hybridized carbons (Fsp3) is 0.471. The van der Waals surface area contributed by atoms with E-state index in [2.05, 4.69) is 4.98 Å². The van der Waals surface area contributed by atoms with Gasteiger partial charge in [0.05, 0.1) is 21.6 Å². The van der Waals surface area contributed by atoms with Crippen LogP contribution in [0.15, 0.2) is 30.3 Å². The number of aromatic nitrogens is 1. The topological polar surface area (TPSA) is 67.3 Å². The number of hydrogen-bond acceptors (Lipinski definition) is 4. The summed E-state index contributed by atoms with van der Waals surface area (Å²) in [7, 11) is -3.03. The van der Waals surface area contributed by atoms with Crippen molar-refractivity contribution in [3.63, 3.8) is 0 Å². The summed E-state index contributed by atoms with van der Waals surface area (Å²) in [6.45, 7) is 1.95. The maximum absolute atomic E-state index is 12.2. The second kappa shape index (κ2) is 4.52. The number of nitrogens with zero attached hydrogens (tertiary/aromatic N) is 1. The van der Waals surface area contributed by atoms with Crippen LogP contribution in [0.2, 0.25) is 0 Å². The van der Waals surface area contributed by atoms with Crippen LogP contribution in [0.3, 0.4) is 0 Å².